The molecule has 3 rings (SSSR count). The van der Waals surface area contributed by atoms with Crippen molar-refractivity contribution in [2.45, 2.75) is 50.9 Å². The van der Waals surface area contributed by atoms with E-state index in [-0.39, 0.29) is 17.4 Å². The van der Waals surface area contributed by atoms with Crippen LogP contribution in [0.1, 0.15) is 27.0 Å². The molecule has 1 saturated heterocycles. The van der Waals surface area contributed by atoms with Crippen molar-refractivity contribution in [2.75, 3.05) is 13.2 Å². The first kappa shape index (κ1) is 29.2. The second-order valence-electron chi connectivity index (χ2n) is 8.07. The Morgan fingerprint density at radius 1 is 1.38 bits per heavy atom. The number of aromatic amines is 1. The molecule has 1 aliphatic rings. The summed E-state index contributed by atoms with van der Waals surface area (Å²) in [4.78, 5) is 44.0. The number of esters is 1. The number of aliphatic hydroxyl groups excluding tert-OH is 1. The molecule has 1 aliphatic heterocycles. The zero-order valence-corrected chi connectivity index (χ0v) is 22.2. The van der Waals surface area contributed by atoms with Crippen molar-refractivity contribution < 1.29 is 37.7 Å². The summed E-state index contributed by atoms with van der Waals surface area (Å²) in [6.45, 7) is 3.32. The normalized spacial score (nSPS) is 24.6. The number of rotatable bonds is 10. The van der Waals surface area contributed by atoms with Crippen molar-refractivity contribution in [1.29, 1.82) is 0 Å². The van der Waals surface area contributed by atoms with Crippen molar-refractivity contribution in [1.82, 2.24) is 14.4 Å². The molecular weight excluding hydrogens is 559 g/mol. The van der Waals surface area contributed by atoms with Crippen LogP contribution in [0, 0.1) is 0 Å². The zero-order valence-electron chi connectivity index (χ0n) is 19.8. The number of H-pyrrole nitrogens is 1. The molecule has 2 heterocycles. The number of nitrogens with one attached hydrogen (secondary N) is 1. The molecule has 2 unspecified atom stereocenters. The zero-order chi connectivity index (χ0) is 27.5. The molecule has 37 heavy (non-hydrogen) atoms. The molecule has 2 aromatic rings. The monoisotopic (exact) mass is 582 g/mol. The van der Waals surface area contributed by atoms with E-state index in [4.69, 9.17) is 42.0 Å². The largest absolute Gasteiger partial charge is 0.693 e. The van der Waals surface area contributed by atoms with Gasteiger partial charge in [-0.1, -0.05) is 23.2 Å². The molecule has 16 heteroatoms. The number of halogens is 3. The average Bonchev–Trinajstić information content (AvgIpc) is 3.04. The number of hydrogen-bond donors (Lipinski definition) is 2. The maximum Gasteiger partial charge on any atom is 0.693 e. The molecule has 0 aliphatic carbocycles. The van der Waals surface area contributed by atoms with E-state index >= 15 is 4.39 Å². The van der Waals surface area contributed by atoms with Gasteiger partial charge in [-0.15, -0.1) is 0 Å². The standard InChI is InChI=1S/C21H23Cl2FN3O9P/c1-4-33-18(30)11(2)27(37(32)36-14-6-5-12(22)9-13(14)23)34-10-15-17(29)21(3,24)19(35-15)26-8-7-16(28)25-20(26)31/h5-9,11,15,17,19,29H,4,10H2,1-3H3/p+1/t11?,15-,17-,19-,21-/m1/s1. The lowest BCUT2D eigenvalue weighted by atomic mass is 9.98. The molecule has 0 radical (unpaired) electrons. The Hall–Kier alpha value is -2.38. The summed E-state index contributed by atoms with van der Waals surface area (Å²) in [6.07, 6.45) is -3.82. The molecule has 1 fully saturated rings. The number of hydroxylamine groups is 1. The first-order valence-corrected chi connectivity index (χ1v) is 12.8. The van der Waals surface area contributed by atoms with Crippen LogP contribution in [0.3, 0.4) is 0 Å². The minimum atomic E-state index is -2.94. The summed E-state index contributed by atoms with van der Waals surface area (Å²) < 4.78 is 45.1. The summed E-state index contributed by atoms with van der Waals surface area (Å²) >= 11 is 11.9. The lowest BCUT2D eigenvalue weighted by Crippen LogP contribution is -2.44. The smallest absolute Gasteiger partial charge is 0.465 e. The fourth-order valence-electron chi connectivity index (χ4n) is 3.44. The lowest BCUT2D eigenvalue weighted by Gasteiger charge is -2.24. The highest BCUT2D eigenvalue weighted by molar-refractivity contribution is 7.36. The summed E-state index contributed by atoms with van der Waals surface area (Å²) in [6, 6.07) is 3.86. The Labute approximate surface area is 220 Å². The summed E-state index contributed by atoms with van der Waals surface area (Å²) in [5, 5.41) is 10.9. The number of carbonyl (C=O) groups is 1. The number of benzene rings is 1. The Balaban J connectivity index is 1.81. The highest BCUT2D eigenvalue weighted by Crippen LogP contribution is 2.42. The van der Waals surface area contributed by atoms with Crippen LogP contribution in [0.4, 0.5) is 4.39 Å². The number of nitrogens with zero attached hydrogens (tertiary/aromatic N) is 2. The van der Waals surface area contributed by atoms with Gasteiger partial charge >= 0.3 is 19.8 Å². The number of hydrogen-bond acceptors (Lipinski definition) is 9. The van der Waals surface area contributed by atoms with E-state index in [2.05, 4.69) is 0 Å². The molecular formula is C21H24Cl2FN3O9P+. The van der Waals surface area contributed by atoms with Crippen LogP contribution >= 0.6 is 31.4 Å². The minimum Gasteiger partial charge on any atom is -0.465 e. The fourth-order valence-corrected chi connectivity index (χ4v) is 4.89. The molecule has 6 atom stereocenters. The van der Waals surface area contributed by atoms with Crippen LogP contribution in [0.15, 0.2) is 40.1 Å². The van der Waals surface area contributed by atoms with Gasteiger partial charge in [0.15, 0.2) is 17.9 Å². The van der Waals surface area contributed by atoms with E-state index in [0.29, 0.717) is 9.86 Å². The van der Waals surface area contributed by atoms with Gasteiger partial charge < -0.3 is 14.6 Å². The van der Waals surface area contributed by atoms with Gasteiger partial charge in [0, 0.05) is 21.9 Å². The first-order valence-electron chi connectivity index (χ1n) is 10.9. The van der Waals surface area contributed by atoms with Gasteiger partial charge in [0.25, 0.3) is 5.56 Å². The van der Waals surface area contributed by atoms with Gasteiger partial charge in [0.05, 0.1) is 16.5 Å². The first-order chi connectivity index (χ1) is 17.4. The van der Waals surface area contributed by atoms with Crippen LogP contribution in [0.5, 0.6) is 5.75 Å². The number of ether oxygens (including phenoxy) is 2. The summed E-state index contributed by atoms with van der Waals surface area (Å²) in [5.74, 6) is -0.833. The predicted molar refractivity (Wildman–Crippen MR) is 129 cm³/mol. The molecule has 202 valence electrons. The average molecular weight is 583 g/mol. The van der Waals surface area contributed by atoms with Gasteiger partial charge in [-0.05, 0) is 39.0 Å². The van der Waals surface area contributed by atoms with Crippen LogP contribution in [-0.4, -0.2) is 62.6 Å². The molecule has 0 bridgehead atoms. The third-order valence-electron chi connectivity index (χ3n) is 5.38. The van der Waals surface area contributed by atoms with E-state index < -0.39 is 62.2 Å². The quantitative estimate of drug-likeness (QED) is 0.243. The predicted octanol–water partition coefficient (Wildman–Crippen LogP) is 2.75. The van der Waals surface area contributed by atoms with Gasteiger partial charge in [0.2, 0.25) is 5.75 Å². The fraction of sp³-hybridized carbons (Fsp3) is 0.476. The topological polar surface area (TPSA) is 149 Å². The third-order valence-corrected chi connectivity index (χ3v) is 7.05. The van der Waals surface area contributed by atoms with Crippen molar-refractivity contribution in [3.8, 4) is 5.75 Å². The maximum atomic E-state index is 15.4. The molecule has 1 aromatic heterocycles. The van der Waals surface area contributed by atoms with E-state index in [1.54, 1.807) is 6.92 Å². The van der Waals surface area contributed by atoms with Crippen LogP contribution < -0.4 is 15.8 Å². The van der Waals surface area contributed by atoms with E-state index in [9.17, 15) is 24.1 Å². The number of aliphatic hydroxyl groups is 1. The maximum absolute atomic E-state index is 15.4. The van der Waals surface area contributed by atoms with Gasteiger partial charge in [0.1, 0.15) is 18.8 Å². The SMILES string of the molecule is CCOC(=O)C(C)N(OC[C@H]1O[C@@H](n2ccc(=O)[nH]c2=O)[C@](C)(F)[C@@H]1O)[P+](=O)Oc1ccc(Cl)cc1Cl. The molecule has 0 spiro atoms. The highest BCUT2D eigenvalue weighted by atomic mass is 35.5. The van der Waals surface area contributed by atoms with Gasteiger partial charge in [-0.25, -0.2) is 13.7 Å². The van der Waals surface area contributed by atoms with Crippen LogP contribution in [0.2, 0.25) is 10.0 Å². The van der Waals surface area contributed by atoms with E-state index in [0.717, 1.165) is 23.8 Å². The lowest BCUT2D eigenvalue weighted by molar-refractivity contribution is -0.180. The molecule has 2 N–H and O–H groups in total. The van der Waals surface area contributed by atoms with Crippen LogP contribution in [-0.2, 0) is 23.7 Å². The molecule has 1 aromatic carbocycles. The Kier molecular flexibility index (Phi) is 9.46. The molecule has 0 amide bonds. The minimum absolute atomic E-state index is 0.0252. The molecule has 0 saturated carbocycles. The van der Waals surface area contributed by atoms with Crippen molar-refractivity contribution >= 4 is 37.3 Å². The molecule has 12 nitrogen and oxygen atoms in total. The number of alkyl halides is 1. The highest BCUT2D eigenvalue weighted by Gasteiger charge is 2.56. The Morgan fingerprint density at radius 2 is 2.08 bits per heavy atom. The number of aromatic nitrogens is 2. The second kappa shape index (κ2) is 12.0. The summed E-state index contributed by atoms with van der Waals surface area (Å²) in [7, 11) is -2.94. The van der Waals surface area contributed by atoms with Gasteiger partial charge in [-0.3, -0.25) is 24.0 Å². The Bertz CT molecular complexity index is 1270. The van der Waals surface area contributed by atoms with Crippen LogP contribution in [0.25, 0.3) is 0 Å². The Morgan fingerprint density at radius 3 is 2.70 bits per heavy atom. The van der Waals surface area contributed by atoms with Crippen molar-refractivity contribution in [3.63, 3.8) is 0 Å². The van der Waals surface area contributed by atoms with Crippen molar-refractivity contribution in [2.24, 2.45) is 0 Å². The number of carbonyl (C=O) groups excluding carboxylic acids is 1. The third kappa shape index (κ3) is 6.55. The summed E-state index contributed by atoms with van der Waals surface area (Å²) in [5.41, 5.74) is -4.15. The van der Waals surface area contributed by atoms with E-state index in [1.807, 2.05) is 4.98 Å². The van der Waals surface area contributed by atoms with Gasteiger partial charge in [-0.2, -0.15) is 0 Å². The van der Waals surface area contributed by atoms with Crippen molar-refractivity contribution in [3.05, 3.63) is 61.3 Å². The second-order valence-corrected chi connectivity index (χ2v) is 9.97. The van der Waals surface area contributed by atoms with E-state index in [1.165, 1.54) is 25.1 Å².